The Morgan fingerprint density at radius 3 is 1.68 bits per heavy atom. The summed E-state index contributed by atoms with van der Waals surface area (Å²) in [6, 6.07) is 71.2. The van der Waals surface area contributed by atoms with Gasteiger partial charge in [0.05, 0.1) is 11.4 Å². The standard InChI is InChI=1S/C54H36N2O/c1-54(42-20-6-3-7-21-42)47-24-10-8-22-43(47)44-28-26-41(33-48(44)54)50-34-49(55-53(56-50)35-14-4-2-5-15-35)40-19-13-18-38(31-40)36-16-12-17-37(30-36)39-27-29-52-46(32-39)45-23-9-11-25-51(45)57-52/h2-34H,1H3. The normalized spacial score (nSPS) is 14.5. The topological polar surface area (TPSA) is 38.9 Å². The Morgan fingerprint density at radius 1 is 0.368 bits per heavy atom. The molecule has 10 aromatic rings. The van der Waals surface area contributed by atoms with E-state index in [0.29, 0.717) is 5.82 Å². The molecule has 0 N–H and O–H groups in total. The van der Waals surface area contributed by atoms with E-state index in [1.54, 1.807) is 0 Å². The zero-order chi connectivity index (χ0) is 37.9. The maximum absolute atomic E-state index is 6.11. The van der Waals surface area contributed by atoms with Crippen LogP contribution in [0, 0.1) is 0 Å². The van der Waals surface area contributed by atoms with Crippen molar-refractivity contribution in [2.45, 2.75) is 12.3 Å². The number of benzene rings is 8. The number of fused-ring (bicyclic) bond motifs is 6. The van der Waals surface area contributed by atoms with Gasteiger partial charge in [-0.15, -0.1) is 0 Å². The van der Waals surface area contributed by atoms with Crippen LogP contribution in [-0.4, -0.2) is 9.97 Å². The van der Waals surface area contributed by atoms with Crippen LogP contribution >= 0.6 is 0 Å². The van der Waals surface area contributed by atoms with Crippen LogP contribution in [0.15, 0.2) is 205 Å². The Labute approximate surface area is 331 Å². The number of aromatic nitrogens is 2. The van der Waals surface area contributed by atoms with Gasteiger partial charge in [-0.2, -0.15) is 0 Å². The fraction of sp³-hybridized carbons (Fsp3) is 0.0370. The molecule has 1 aliphatic carbocycles. The van der Waals surface area contributed by atoms with Gasteiger partial charge in [-0.3, -0.25) is 0 Å². The van der Waals surface area contributed by atoms with Crippen molar-refractivity contribution >= 4 is 21.9 Å². The van der Waals surface area contributed by atoms with Crippen LogP contribution in [0.5, 0.6) is 0 Å². The number of rotatable bonds is 6. The van der Waals surface area contributed by atoms with Crippen LogP contribution in [0.2, 0.25) is 0 Å². The van der Waals surface area contributed by atoms with Crippen LogP contribution in [0.4, 0.5) is 0 Å². The summed E-state index contributed by atoms with van der Waals surface area (Å²) in [5.74, 6) is 0.701. The molecule has 2 heterocycles. The second kappa shape index (κ2) is 13.1. The molecule has 2 aromatic heterocycles. The van der Waals surface area contributed by atoms with Crippen molar-refractivity contribution in [1.82, 2.24) is 9.97 Å². The van der Waals surface area contributed by atoms with Crippen molar-refractivity contribution in [3.05, 3.63) is 217 Å². The lowest BCUT2D eigenvalue weighted by molar-refractivity contribution is 0.669. The summed E-state index contributed by atoms with van der Waals surface area (Å²) in [5, 5.41) is 2.26. The fourth-order valence-electron chi connectivity index (χ4n) is 8.84. The third-order valence-electron chi connectivity index (χ3n) is 11.8. The molecule has 3 nitrogen and oxygen atoms in total. The molecule has 1 atom stereocenters. The first-order valence-electron chi connectivity index (χ1n) is 19.5. The van der Waals surface area contributed by atoms with E-state index in [4.69, 9.17) is 14.4 Å². The van der Waals surface area contributed by atoms with Crippen molar-refractivity contribution in [2.24, 2.45) is 0 Å². The van der Waals surface area contributed by atoms with E-state index in [1.807, 2.05) is 30.3 Å². The lowest BCUT2D eigenvalue weighted by Crippen LogP contribution is -2.22. The smallest absolute Gasteiger partial charge is 0.160 e. The summed E-state index contributed by atoms with van der Waals surface area (Å²) in [6.45, 7) is 2.36. The van der Waals surface area contributed by atoms with Gasteiger partial charge >= 0.3 is 0 Å². The van der Waals surface area contributed by atoms with E-state index in [2.05, 4.69) is 177 Å². The van der Waals surface area contributed by atoms with Crippen molar-refractivity contribution in [2.75, 3.05) is 0 Å². The van der Waals surface area contributed by atoms with E-state index >= 15 is 0 Å². The Morgan fingerprint density at radius 2 is 0.912 bits per heavy atom. The van der Waals surface area contributed by atoms with E-state index in [9.17, 15) is 0 Å². The fourth-order valence-corrected chi connectivity index (χ4v) is 8.84. The van der Waals surface area contributed by atoms with Crippen LogP contribution in [0.25, 0.3) is 89.2 Å². The minimum Gasteiger partial charge on any atom is -0.456 e. The molecule has 57 heavy (non-hydrogen) atoms. The molecule has 0 fully saturated rings. The molecule has 1 aliphatic rings. The quantitative estimate of drug-likeness (QED) is 0.171. The number of nitrogens with zero attached hydrogens (tertiary/aromatic N) is 2. The highest BCUT2D eigenvalue weighted by Gasteiger charge is 2.40. The average Bonchev–Trinajstić information content (AvgIpc) is 3.79. The first-order chi connectivity index (χ1) is 28.1. The molecule has 0 radical (unpaired) electrons. The summed E-state index contributed by atoms with van der Waals surface area (Å²) in [7, 11) is 0. The van der Waals surface area contributed by atoms with E-state index in [1.165, 1.54) is 27.8 Å². The van der Waals surface area contributed by atoms with Gasteiger partial charge in [-0.05, 0) is 99.5 Å². The van der Waals surface area contributed by atoms with Crippen molar-refractivity contribution in [3.8, 4) is 67.3 Å². The van der Waals surface area contributed by atoms with Gasteiger partial charge in [0.2, 0.25) is 0 Å². The molecular weight excluding hydrogens is 693 g/mol. The second-order valence-corrected chi connectivity index (χ2v) is 15.1. The Balaban J connectivity index is 1.01. The van der Waals surface area contributed by atoms with Gasteiger partial charge in [0, 0.05) is 32.9 Å². The molecule has 3 heteroatoms. The highest BCUT2D eigenvalue weighted by molar-refractivity contribution is 6.06. The minimum absolute atomic E-state index is 0.303. The zero-order valence-corrected chi connectivity index (χ0v) is 31.4. The molecule has 11 rings (SSSR count). The van der Waals surface area contributed by atoms with E-state index < -0.39 is 0 Å². The first kappa shape index (κ1) is 33.0. The molecule has 1 unspecified atom stereocenters. The summed E-state index contributed by atoms with van der Waals surface area (Å²) >= 11 is 0. The van der Waals surface area contributed by atoms with Gasteiger partial charge < -0.3 is 4.42 Å². The largest absolute Gasteiger partial charge is 0.456 e. The molecule has 0 bridgehead atoms. The maximum atomic E-state index is 6.11. The van der Waals surface area contributed by atoms with Gasteiger partial charge in [0.25, 0.3) is 0 Å². The highest BCUT2D eigenvalue weighted by atomic mass is 16.3. The van der Waals surface area contributed by atoms with Gasteiger partial charge in [-0.1, -0.05) is 158 Å². The number of para-hydroxylation sites is 1. The van der Waals surface area contributed by atoms with Crippen molar-refractivity contribution in [1.29, 1.82) is 0 Å². The van der Waals surface area contributed by atoms with Gasteiger partial charge in [-0.25, -0.2) is 9.97 Å². The molecule has 0 aliphatic heterocycles. The van der Waals surface area contributed by atoms with Crippen molar-refractivity contribution < 1.29 is 4.42 Å². The number of hydrogen-bond donors (Lipinski definition) is 0. The lowest BCUT2D eigenvalue weighted by Gasteiger charge is -2.28. The molecule has 0 amide bonds. The van der Waals surface area contributed by atoms with Gasteiger partial charge in [0.15, 0.2) is 5.82 Å². The summed E-state index contributed by atoms with van der Waals surface area (Å²) in [6.07, 6.45) is 0. The van der Waals surface area contributed by atoms with E-state index in [-0.39, 0.29) is 5.41 Å². The molecule has 0 spiro atoms. The summed E-state index contributed by atoms with van der Waals surface area (Å²) in [5.41, 5.74) is 17.4. The first-order valence-corrected chi connectivity index (χ1v) is 19.5. The zero-order valence-electron chi connectivity index (χ0n) is 31.4. The Hall–Kier alpha value is -7.36. The van der Waals surface area contributed by atoms with Crippen LogP contribution < -0.4 is 0 Å². The molecule has 268 valence electrons. The third kappa shape index (κ3) is 5.50. The van der Waals surface area contributed by atoms with Crippen LogP contribution in [0.1, 0.15) is 23.6 Å². The van der Waals surface area contributed by atoms with Crippen molar-refractivity contribution in [3.63, 3.8) is 0 Å². The van der Waals surface area contributed by atoms with Crippen LogP contribution in [0.3, 0.4) is 0 Å². The van der Waals surface area contributed by atoms with Gasteiger partial charge in [0.1, 0.15) is 11.2 Å². The molecule has 0 saturated carbocycles. The van der Waals surface area contributed by atoms with E-state index in [0.717, 1.165) is 72.3 Å². The minimum atomic E-state index is -0.303. The summed E-state index contributed by atoms with van der Waals surface area (Å²) < 4.78 is 6.11. The SMILES string of the molecule is CC1(c2ccccc2)c2ccccc2-c2ccc(-c3cc(-c4cccc(-c5cccc(-c6ccc7oc8ccccc8c7c6)c5)c4)nc(-c4ccccc4)n3)cc21. The lowest BCUT2D eigenvalue weighted by atomic mass is 9.74. The second-order valence-electron chi connectivity index (χ2n) is 15.1. The highest BCUT2D eigenvalue weighted by Crippen LogP contribution is 2.53. The maximum Gasteiger partial charge on any atom is 0.160 e. The number of furan rings is 1. The number of hydrogen-bond acceptors (Lipinski definition) is 3. The summed E-state index contributed by atoms with van der Waals surface area (Å²) in [4.78, 5) is 10.4. The molecule has 0 saturated heterocycles. The third-order valence-corrected chi connectivity index (χ3v) is 11.8. The monoisotopic (exact) mass is 728 g/mol. The predicted molar refractivity (Wildman–Crippen MR) is 234 cm³/mol. The Kier molecular flexibility index (Phi) is 7.61. The average molecular weight is 729 g/mol. The molecular formula is C54H36N2O. The predicted octanol–water partition coefficient (Wildman–Crippen LogP) is 14.0. The Bertz CT molecular complexity index is 3140. The van der Waals surface area contributed by atoms with Crippen LogP contribution in [-0.2, 0) is 5.41 Å². The molecule has 8 aromatic carbocycles.